The summed E-state index contributed by atoms with van der Waals surface area (Å²) in [6.45, 7) is 3.15. The van der Waals surface area contributed by atoms with Gasteiger partial charge in [-0.2, -0.15) is 0 Å². The van der Waals surface area contributed by atoms with E-state index in [0.29, 0.717) is 5.56 Å². The number of benzene rings is 2. The largest absolute Gasteiger partial charge is 0.409 e. The molecule has 0 amide bonds. The zero-order chi connectivity index (χ0) is 15.1. The van der Waals surface area contributed by atoms with E-state index in [4.69, 9.17) is 10.9 Å². The lowest BCUT2D eigenvalue weighted by Gasteiger charge is -2.25. The molecule has 3 N–H and O–H groups in total. The van der Waals surface area contributed by atoms with Gasteiger partial charge in [0.15, 0.2) is 5.84 Å². The number of anilines is 2. The van der Waals surface area contributed by atoms with Crippen molar-refractivity contribution in [3.05, 3.63) is 60.2 Å². The summed E-state index contributed by atoms with van der Waals surface area (Å²) in [4.78, 5) is 2.28. The van der Waals surface area contributed by atoms with Crippen molar-refractivity contribution < 1.29 is 5.21 Å². The molecule has 0 aliphatic heterocycles. The lowest BCUT2D eigenvalue weighted by atomic mass is 10.1. The number of rotatable bonds is 6. The fourth-order valence-corrected chi connectivity index (χ4v) is 2.20. The van der Waals surface area contributed by atoms with Crippen molar-refractivity contribution in [1.29, 1.82) is 0 Å². The van der Waals surface area contributed by atoms with Gasteiger partial charge in [0.25, 0.3) is 0 Å². The number of amidine groups is 1. The van der Waals surface area contributed by atoms with E-state index in [1.54, 1.807) is 0 Å². The molecule has 110 valence electrons. The molecule has 0 bridgehead atoms. The molecule has 0 radical (unpaired) electrons. The molecule has 2 aromatic rings. The van der Waals surface area contributed by atoms with Crippen LogP contribution in [0.15, 0.2) is 59.8 Å². The molecule has 2 rings (SSSR count). The predicted molar refractivity (Wildman–Crippen MR) is 87.3 cm³/mol. The van der Waals surface area contributed by atoms with Crippen molar-refractivity contribution in [3.63, 3.8) is 0 Å². The number of hydrogen-bond donors (Lipinski definition) is 2. The van der Waals surface area contributed by atoms with E-state index < -0.39 is 0 Å². The number of unbranched alkanes of at least 4 members (excludes halogenated alkanes) is 1. The minimum atomic E-state index is 0.126. The van der Waals surface area contributed by atoms with Gasteiger partial charge in [-0.15, -0.1) is 0 Å². The first-order valence-corrected chi connectivity index (χ1v) is 7.16. The van der Waals surface area contributed by atoms with Gasteiger partial charge in [0.2, 0.25) is 0 Å². The van der Waals surface area contributed by atoms with E-state index in [-0.39, 0.29) is 5.84 Å². The fourth-order valence-electron chi connectivity index (χ4n) is 2.20. The molecule has 2 aromatic carbocycles. The SMILES string of the molecule is CCCCN(c1ccccc1)c1ccc(C(N)=NO)cc1. The Balaban J connectivity index is 2.28. The highest BCUT2D eigenvalue weighted by molar-refractivity contribution is 5.97. The summed E-state index contributed by atoms with van der Waals surface area (Å²) >= 11 is 0. The van der Waals surface area contributed by atoms with Gasteiger partial charge in [-0.1, -0.05) is 36.7 Å². The third-order valence-electron chi connectivity index (χ3n) is 3.39. The van der Waals surface area contributed by atoms with Crippen molar-refractivity contribution in [2.24, 2.45) is 10.9 Å². The van der Waals surface area contributed by atoms with Crippen LogP contribution in [0.1, 0.15) is 25.3 Å². The average Bonchev–Trinajstić information content (AvgIpc) is 2.56. The Labute approximate surface area is 125 Å². The number of para-hydroxylation sites is 1. The molecule has 4 heteroatoms. The topological polar surface area (TPSA) is 61.8 Å². The van der Waals surface area contributed by atoms with Gasteiger partial charge < -0.3 is 15.8 Å². The summed E-state index contributed by atoms with van der Waals surface area (Å²) in [5, 5.41) is 11.7. The van der Waals surface area contributed by atoms with E-state index in [1.165, 1.54) is 5.69 Å². The van der Waals surface area contributed by atoms with Crippen LogP contribution in [0.4, 0.5) is 11.4 Å². The van der Waals surface area contributed by atoms with Crippen molar-refractivity contribution in [1.82, 2.24) is 0 Å². The van der Waals surface area contributed by atoms with Crippen LogP contribution in [-0.2, 0) is 0 Å². The molecule has 0 saturated heterocycles. The van der Waals surface area contributed by atoms with Gasteiger partial charge in [0.1, 0.15) is 0 Å². The van der Waals surface area contributed by atoms with Crippen LogP contribution in [0, 0.1) is 0 Å². The first-order chi connectivity index (χ1) is 10.3. The van der Waals surface area contributed by atoms with Crippen LogP contribution in [0.2, 0.25) is 0 Å². The molecule has 0 atom stereocenters. The average molecular weight is 283 g/mol. The Morgan fingerprint density at radius 1 is 1.05 bits per heavy atom. The molecule has 0 spiro atoms. The zero-order valence-corrected chi connectivity index (χ0v) is 12.2. The molecule has 0 aromatic heterocycles. The second-order valence-electron chi connectivity index (χ2n) is 4.87. The molecule has 21 heavy (non-hydrogen) atoms. The highest BCUT2D eigenvalue weighted by atomic mass is 16.4. The van der Waals surface area contributed by atoms with Crippen LogP contribution in [0.25, 0.3) is 0 Å². The van der Waals surface area contributed by atoms with Crippen LogP contribution in [0.3, 0.4) is 0 Å². The van der Waals surface area contributed by atoms with Crippen LogP contribution >= 0.6 is 0 Å². The van der Waals surface area contributed by atoms with Crippen molar-refractivity contribution in [2.75, 3.05) is 11.4 Å². The van der Waals surface area contributed by atoms with Gasteiger partial charge in [0.05, 0.1) is 0 Å². The maximum Gasteiger partial charge on any atom is 0.170 e. The molecule has 0 heterocycles. The standard InChI is InChI=1S/C17H21N3O/c1-2-3-13-20(15-7-5-4-6-8-15)16-11-9-14(10-12-16)17(18)19-21/h4-12,21H,2-3,13H2,1H3,(H2,18,19). The molecule has 0 aliphatic rings. The third-order valence-corrected chi connectivity index (χ3v) is 3.39. The predicted octanol–water partition coefficient (Wildman–Crippen LogP) is 3.72. The molecule has 0 fully saturated rings. The Morgan fingerprint density at radius 3 is 2.24 bits per heavy atom. The lowest BCUT2D eigenvalue weighted by Crippen LogP contribution is -2.19. The van der Waals surface area contributed by atoms with Crippen molar-refractivity contribution in [3.8, 4) is 0 Å². The maximum atomic E-state index is 8.71. The second-order valence-corrected chi connectivity index (χ2v) is 4.87. The molecular weight excluding hydrogens is 262 g/mol. The van der Waals surface area contributed by atoms with Gasteiger partial charge in [-0.05, 0) is 42.8 Å². The molecule has 0 aliphatic carbocycles. The second kappa shape index (κ2) is 7.33. The van der Waals surface area contributed by atoms with Gasteiger partial charge in [-0.25, -0.2) is 0 Å². The molecular formula is C17H21N3O. The van der Waals surface area contributed by atoms with Crippen molar-refractivity contribution >= 4 is 17.2 Å². The van der Waals surface area contributed by atoms with E-state index >= 15 is 0 Å². The number of hydrogen-bond acceptors (Lipinski definition) is 3. The number of nitrogens with zero attached hydrogens (tertiary/aromatic N) is 2. The first kappa shape index (κ1) is 14.9. The van der Waals surface area contributed by atoms with Crippen LogP contribution < -0.4 is 10.6 Å². The highest BCUT2D eigenvalue weighted by Crippen LogP contribution is 2.25. The third kappa shape index (κ3) is 3.75. The minimum Gasteiger partial charge on any atom is -0.409 e. The Bertz CT molecular complexity index is 579. The van der Waals surface area contributed by atoms with Gasteiger partial charge >= 0.3 is 0 Å². The normalized spacial score (nSPS) is 11.4. The maximum absolute atomic E-state index is 8.71. The van der Waals surface area contributed by atoms with E-state index in [1.807, 2.05) is 42.5 Å². The Kier molecular flexibility index (Phi) is 5.21. The summed E-state index contributed by atoms with van der Waals surface area (Å²) < 4.78 is 0. The Hall–Kier alpha value is -2.49. The van der Waals surface area contributed by atoms with Gasteiger partial charge in [0, 0.05) is 23.5 Å². The quantitative estimate of drug-likeness (QED) is 0.367. The summed E-state index contributed by atoms with van der Waals surface area (Å²) in [6, 6.07) is 18.0. The van der Waals surface area contributed by atoms with Crippen molar-refractivity contribution in [2.45, 2.75) is 19.8 Å². The zero-order valence-electron chi connectivity index (χ0n) is 12.2. The lowest BCUT2D eigenvalue weighted by molar-refractivity contribution is 0.318. The minimum absolute atomic E-state index is 0.126. The summed E-state index contributed by atoms with van der Waals surface area (Å²) in [5.74, 6) is 0.126. The highest BCUT2D eigenvalue weighted by Gasteiger charge is 2.09. The summed E-state index contributed by atoms with van der Waals surface area (Å²) in [6.07, 6.45) is 2.27. The summed E-state index contributed by atoms with van der Waals surface area (Å²) in [5.41, 5.74) is 8.58. The van der Waals surface area contributed by atoms with Gasteiger partial charge in [-0.3, -0.25) is 0 Å². The van der Waals surface area contributed by atoms with Crippen LogP contribution in [-0.4, -0.2) is 17.6 Å². The molecule has 4 nitrogen and oxygen atoms in total. The summed E-state index contributed by atoms with van der Waals surface area (Å²) in [7, 11) is 0. The Morgan fingerprint density at radius 2 is 1.67 bits per heavy atom. The smallest absolute Gasteiger partial charge is 0.170 e. The fraction of sp³-hybridized carbons (Fsp3) is 0.235. The van der Waals surface area contributed by atoms with E-state index in [9.17, 15) is 0 Å². The number of oxime groups is 1. The van der Waals surface area contributed by atoms with Crippen LogP contribution in [0.5, 0.6) is 0 Å². The van der Waals surface area contributed by atoms with E-state index in [2.05, 4.69) is 29.1 Å². The van der Waals surface area contributed by atoms with E-state index in [0.717, 1.165) is 25.1 Å². The molecule has 0 saturated carbocycles. The first-order valence-electron chi connectivity index (χ1n) is 7.16. The molecule has 0 unspecified atom stereocenters. The monoisotopic (exact) mass is 283 g/mol. The number of nitrogens with two attached hydrogens (primary N) is 1.